The second kappa shape index (κ2) is 6.77. The number of nitrogens with zero attached hydrogens (tertiary/aromatic N) is 1. The fourth-order valence-electron chi connectivity index (χ4n) is 2.53. The van der Waals surface area contributed by atoms with Gasteiger partial charge < -0.3 is 10.2 Å². The van der Waals surface area contributed by atoms with Crippen molar-refractivity contribution in [2.75, 3.05) is 7.05 Å². The van der Waals surface area contributed by atoms with Crippen molar-refractivity contribution in [3.8, 4) is 0 Å². The third-order valence-electron chi connectivity index (χ3n) is 3.74. The van der Waals surface area contributed by atoms with E-state index in [1.165, 1.54) is 19.3 Å². The number of amides is 2. The average Bonchev–Trinajstić information content (AvgIpc) is 2.31. The van der Waals surface area contributed by atoms with E-state index in [-0.39, 0.29) is 6.03 Å². The largest absolute Gasteiger partial charge is 0.335 e. The van der Waals surface area contributed by atoms with Gasteiger partial charge in [-0.05, 0) is 25.7 Å². The van der Waals surface area contributed by atoms with Crippen molar-refractivity contribution >= 4 is 6.03 Å². The van der Waals surface area contributed by atoms with Crippen molar-refractivity contribution in [2.24, 2.45) is 0 Å². The van der Waals surface area contributed by atoms with Gasteiger partial charge in [0.05, 0.1) is 0 Å². The quantitative estimate of drug-likeness (QED) is 0.784. The molecule has 1 rings (SSSR count). The van der Waals surface area contributed by atoms with Crippen LogP contribution in [-0.2, 0) is 0 Å². The van der Waals surface area contributed by atoms with Gasteiger partial charge in [0.2, 0.25) is 0 Å². The molecule has 0 heterocycles. The molecule has 1 aliphatic carbocycles. The van der Waals surface area contributed by atoms with Crippen molar-refractivity contribution in [1.29, 1.82) is 0 Å². The van der Waals surface area contributed by atoms with E-state index < -0.39 is 0 Å². The normalized spacial score (nSPS) is 17.5. The molecule has 2 amide bonds. The Kier molecular flexibility index (Phi) is 5.64. The van der Waals surface area contributed by atoms with E-state index in [1.54, 1.807) is 0 Å². The van der Waals surface area contributed by atoms with Crippen LogP contribution in [0.15, 0.2) is 0 Å². The molecule has 1 aliphatic rings. The van der Waals surface area contributed by atoms with Crippen LogP contribution in [-0.4, -0.2) is 30.1 Å². The molecule has 16 heavy (non-hydrogen) atoms. The lowest BCUT2D eigenvalue weighted by molar-refractivity contribution is 0.179. The minimum absolute atomic E-state index is 0.112. The molecule has 3 heteroatoms. The van der Waals surface area contributed by atoms with Crippen LogP contribution >= 0.6 is 0 Å². The zero-order valence-electron chi connectivity index (χ0n) is 11.0. The third kappa shape index (κ3) is 3.69. The van der Waals surface area contributed by atoms with Crippen molar-refractivity contribution in [1.82, 2.24) is 10.2 Å². The number of carbonyl (C=O) groups excluding carboxylic acids is 1. The van der Waals surface area contributed by atoms with E-state index in [2.05, 4.69) is 19.2 Å². The van der Waals surface area contributed by atoms with Crippen LogP contribution in [0.3, 0.4) is 0 Å². The van der Waals surface area contributed by atoms with E-state index in [9.17, 15) is 4.79 Å². The van der Waals surface area contributed by atoms with Crippen LogP contribution < -0.4 is 5.32 Å². The van der Waals surface area contributed by atoms with Gasteiger partial charge in [0.15, 0.2) is 0 Å². The van der Waals surface area contributed by atoms with Crippen LogP contribution in [0.1, 0.15) is 58.8 Å². The first-order valence-electron chi connectivity index (χ1n) is 6.72. The molecular weight excluding hydrogens is 200 g/mol. The first kappa shape index (κ1) is 13.3. The molecule has 0 atom stereocenters. The average molecular weight is 226 g/mol. The lowest BCUT2D eigenvalue weighted by Crippen LogP contribution is -2.47. The van der Waals surface area contributed by atoms with Crippen LogP contribution in [0.2, 0.25) is 0 Å². The molecule has 1 fully saturated rings. The Morgan fingerprint density at radius 1 is 1.25 bits per heavy atom. The molecule has 0 bridgehead atoms. The highest BCUT2D eigenvalue weighted by atomic mass is 16.2. The number of hydrogen-bond donors (Lipinski definition) is 1. The zero-order chi connectivity index (χ0) is 12.0. The zero-order valence-corrected chi connectivity index (χ0v) is 11.0. The van der Waals surface area contributed by atoms with Crippen molar-refractivity contribution in [3.63, 3.8) is 0 Å². The predicted octanol–water partition coefficient (Wildman–Crippen LogP) is 3.15. The molecule has 0 aromatic rings. The van der Waals surface area contributed by atoms with Gasteiger partial charge >= 0.3 is 6.03 Å². The fraction of sp³-hybridized carbons (Fsp3) is 0.923. The molecule has 0 aromatic carbocycles. The summed E-state index contributed by atoms with van der Waals surface area (Å²) in [4.78, 5) is 13.9. The summed E-state index contributed by atoms with van der Waals surface area (Å²) >= 11 is 0. The Morgan fingerprint density at radius 2 is 1.81 bits per heavy atom. The summed E-state index contributed by atoms with van der Waals surface area (Å²) in [6, 6.07) is 0.905. The topological polar surface area (TPSA) is 32.3 Å². The summed E-state index contributed by atoms with van der Waals surface area (Å²) in [5.74, 6) is 0. The van der Waals surface area contributed by atoms with Crippen molar-refractivity contribution in [2.45, 2.75) is 70.9 Å². The molecule has 0 unspecified atom stereocenters. The first-order chi connectivity index (χ1) is 7.69. The number of urea groups is 1. The van der Waals surface area contributed by atoms with Gasteiger partial charge in [-0.25, -0.2) is 4.79 Å². The SMILES string of the molecule is CCC(CC)N(C)C(=O)NC1CCCCC1. The molecule has 0 aromatic heterocycles. The Labute approximate surface area is 99.6 Å². The summed E-state index contributed by atoms with van der Waals surface area (Å²) in [6.07, 6.45) is 8.23. The number of carbonyl (C=O) groups is 1. The lowest BCUT2D eigenvalue weighted by atomic mass is 9.96. The summed E-state index contributed by atoms with van der Waals surface area (Å²) in [5, 5.41) is 3.15. The van der Waals surface area contributed by atoms with Gasteiger partial charge in [0, 0.05) is 19.1 Å². The van der Waals surface area contributed by atoms with Gasteiger partial charge in [0.1, 0.15) is 0 Å². The highest BCUT2D eigenvalue weighted by Crippen LogP contribution is 2.18. The second-order valence-corrected chi connectivity index (χ2v) is 4.87. The maximum atomic E-state index is 12.0. The van der Waals surface area contributed by atoms with E-state index >= 15 is 0 Å². The van der Waals surface area contributed by atoms with Crippen LogP contribution in [0, 0.1) is 0 Å². The molecule has 94 valence electrons. The fourth-order valence-corrected chi connectivity index (χ4v) is 2.53. The third-order valence-corrected chi connectivity index (χ3v) is 3.74. The molecule has 3 nitrogen and oxygen atoms in total. The highest BCUT2D eigenvalue weighted by Gasteiger charge is 2.20. The molecular formula is C13H26N2O. The summed E-state index contributed by atoms with van der Waals surface area (Å²) in [5.41, 5.74) is 0. The summed E-state index contributed by atoms with van der Waals surface area (Å²) in [7, 11) is 1.91. The number of hydrogen-bond acceptors (Lipinski definition) is 1. The Balaban J connectivity index is 2.37. The smallest absolute Gasteiger partial charge is 0.317 e. The minimum atomic E-state index is 0.112. The standard InChI is InChI=1S/C13H26N2O/c1-4-12(5-2)15(3)13(16)14-11-9-7-6-8-10-11/h11-12H,4-10H2,1-3H3,(H,14,16). The van der Waals surface area contributed by atoms with Gasteiger partial charge in [0.25, 0.3) is 0 Å². The molecule has 1 saturated carbocycles. The number of nitrogens with one attached hydrogen (secondary N) is 1. The minimum Gasteiger partial charge on any atom is -0.335 e. The van der Waals surface area contributed by atoms with Crippen molar-refractivity contribution < 1.29 is 4.79 Å². The van der Waals surface area contributed by atoms with E-state index in [0.717, 1.165) is 25.7 Å². The Bertz CT molecular complexity index is 208. The molecule has 1 N–H and O–H groups in total. The van der Waals surface area contributed by atoms with Crippen LogP contribution in [0.4, 0.5) is 4.79 Å². The number of rotatable bonds is 4. The monoisotopic (exact) mass is 226 g/mol. The van der Waals surface area contributed by atoms with Crippen LogP contribution in [0.5, 0.6) is 0 Å². The second-order valence-electron chi connectivity index (χ2n) is 4.87. The first-order valence-corrected chi connectivity index (χ1v) is 6.72. The highest BCUT2D eigenvalue weighted by molar-refractivity contribution is 5.74. The van der Waals surface area contributed by atoms with Gasteiger partial charge in [-0.1, -0.05) is 33.1 Å². The van der Waals surface area contributed by atoms with Crippen molar-refractivity contribution in [3.05, 3.63) is 0 Å². The lowest BCUT2D eigenvalue weighted by Gasteiger charge is -2.30. The van der Waals surface area contributed by atoms with Crippen LogP contribution in [0.25, 0.3) is 0 Å². The summed E-state index contributed by atoms with van der Waals surface area (Å²) in [6.45, 7) is 4.27. The van der Waals surface area contributed by atoms with Gasteiger partial charge in [-0.3, -0.25) is 0 Å². The molecule has 0 aliphatic heterocycles. The molecule has 0 saturated heterocycles. The van der Waals surface area contributed by atoms with E-state index in [4.69, 9.17) is 0 Å². The predicted molar refractivity (Wildman–Crippen MR) is 67.5 cm³/mol. The maximum Gasteiger partial charge on any atom is 0.317 e. The van der Waals surface area contributed by atoms with E-state index in [0.29, 0.717) is 12.1 Å². The van der Waals surface area contributed by atoms with Gasteiger partial charge in [-0.2, -0.15) is 0 Å². The maximum absolute atomic E-state index is 12.0. The Morgan fingerprint density at radius 3 is 2.31 bits per heavy atom. The molecule has 0 radical (unpaired) electrons. The Hall–Kier alpha value is -0.730. The van der Waals surface area contributed by atoms with E-state index in [1.807, 2.05) is 11.9 Å². The summed E-state index contributed by atoms with van der Waals surface area (Å²) < 4.78 is 0. The molecule has 0 spiro atoms. The van der Waals surface area contributed by atoms with Gasteiger partial charge in [-0.15, -0.1) is 0 Å².